The van der Waals surface area contributed by atoms with Gasteiger partial charge in [-0.05, 0) is 68.4 Å². The van der Waals surface area contributed by atoms with Gasteiger partial charge in [0.25, 0.3) is 0 Å². The zero-order chi connectivity index (χ0) is 18.6. The van der Waals surface area contributed by atoms with Crippen LogP contribution in [0.2, 0.25) is 0 Å². The van der Waals surface area contributed by atoms with Crippen molar-refractivity contribution in [3.8, 4) is 0 Å². The molecule has 0 aliphatic heterocycles. The minimum atomic E-state index is -3.49. The van der Waals surface area contributed by atoms with Crippen LogP contribution in [0.25, 0.3) is 0 Å². The van der Waals surface area contributed by atoms with E-state index in [0.717, 1.165) is 25.7 Å². The van der Waals surface area contributed by atoms with Gasteiger partial charge in [0.2, 0.25) is 10.0 Å². The highest BCUT2D eigenvalue weighted by Crippen LogP contribution is 2.50. The lowest BCUT2D eigenvalue weighted by Crippen LogP contribution is -2.43. The third-order valence-corrected chi connectivity index (χ3v) is 7.24. The lowest BCUT2D eigenvalue weighted by atomic mass is 9.83. The summed E-state index contributed by atoms with van der Waals surface area (Å²) < 4.78 is 28.4. The Bertz CT molecular complexity index is 744. The fourth-order valence-corrected chi connectivity index (χ4v) is 5.90. The Morgan fingerprint density at radius 3 is 2.62 bits per heavy atom. The summed E-state index contributed by atoms with van der Waals surface area (Å²) >= 11 is 0. The number of carbonyl (C=O) groups is 1. The van der Waals surface area contributed by atoms with Crippen molar-refractivity contribution in [3.63, 3.8) is 0 Å². The van der Waals surface area contributed by atoms with E-state index in [4.69, 9.17) is 5.11 Å². The van der Waals surface area contributed by atoms with Crippen molar-refractivity contribution < 1.29 is 18.3 Å². The molecule has 4 atom stereocenters. The molecule has 0 saturated heterocycles. The van der Waals surface area contributed by atoms with Gasteiger partial charge in [-0.2, -0.15) is 0 Å². The van der Waals surface area contributed by atoms with E-state index >= 15 is 0 Å². The minimum Gasteiger partial charge on any atom is -0.481 e. The third kappa shape index (κ3) is 4.54. The molecule has 2 N–H and O–H groups in total. The predicted octanol–water partition coefficient (Wildman–Crippen LogP) is 3.58. The smallest absolute Gasteiger partial charge is 0.303 e. The van der Waals surface area contributed by atoms with Gasteiger partial charge in [-0.1, -0.05) is 30.4 Å². The molecule has 2 fully saturated rings. The van der Waals surface area contributed by atoms with Crippen molar-refractivity contribution in [1.82, 2.24) is 4.72 Å². The third-order valence-electron chi connectivity index (χ3n) is 5.77. The molecule has 0 amide bonds. The molecule has 5 nitrogen and oxygen atoms in total. The summed E-state index contributed by atoms with van der Waals surface area (Å²) in [6.45, 7) is 0. The van der Waals surface area contributed by atoms with Gasteiger partial charge in [-0.15, -0.1) is 0 Å². The topological polar surface area (TPSA) is 83.5 Å². The second-order valence-corrected chi connectivity index (χ2v) is 9.16. The molecular formula is C20H27NO4S. The largest absolute Gasteiger partial charge is 0.481 e. The molecule has 3 rings (SSSR count). The second kappa shape index (κ2) is 8.35. The number of rotatable bonds is 9. The highest BCUT2D eigenvalue weighted by molar-refractivity contribution is 7.89. The van der Waals surface area contributed by atoms with Gasteiger partial charge in [0, 0.05) is 12.5 Å². The van der Waals surface area contributed by atoms with E-state index in [1.807, 2.05) is 12.1 Å². The van der Waals surface area contributed by atoms with Crippen LogP contribution in [0, 0.1) is 17.8 Å². The molecule has 142 valence electrons. The molecule has 0 heterocycles. The Morgan fingerprint density at radius 2 is 1.88 bits per heavy atom. The van der Waals surface area contributed by atoms with Crippen LogP contribution in [0.3, 0.4) is 0 Å². The zero-order valence-electron chi connectivity index (χ0n) is 14.9. The van der Waals surface area contributed by atoms with Crippen LogP contribution < -0.4 is 4.72 Å². The molecule has 0 radical (unpaired) electrons. The molecule has 0 unspecified atom stereocenters. The van der Waals surface area contributed by atoms with Gasteiger partial charge >= 0.3 is 5.97 Å². The van der Waals surface area contributed by atoms with E-state index in [9.17, 15) is 13.2 Å². The van der Waals surface area contributed by atoms with Gasteiger partial charge in [-0.3, -0.25) is 4.79 Å². The summed E-state index contributed by atoms with van der Waals surface area (Å²) in [6.07, 6.45) is 10.00. The van der Waals surface area contributed by atoms with E-state index in [1.54, 1.807) is 24.3 Å². The molecular weight excluding hydrogens is 350 g/mol. The predicted molar refractivity (Wildman–Crippen MR) is 100 cm³/mol. The summed E-state index contributed by atoms with van der Waals surface area (Å²) in [5.74, 6) is 0.598. The van der Waals surface area contributed by atoms with E-state index in [1.165, 1.54) is 6.42 Å². The standard InChI is InChI=1S/C20H27NO4S/c22-19(23)11-7-2-1-6-10-18-15-12-13-16(14-15)20(18)21-26(24,25)17-8-4-3-5-9-17/h1,3-6,8-9,15-16,18,20-21H,2,7,10-14H2,(H,22,23)/b6-1-/t15-,16+,18-,20-/m0/s1. The summed E-state index contributed by atoms with van der Waals surface area (Å²) in [7, 11) is -3.49. The van der Waals surface area contributed by atoms with E-state index < -0.39 is 16.0 Å². The summed E-state index contributed by atoms with van der Waals surface area (Å²) in [5.41, 5.74) is 0. The van der Waals surface area contributed by atoms with E-state index in [-0.39, 0.29) is 12.5 Å². The molecule has 2 aliphatic rings. The monoisotopic (exact) mass is 377 g/mol. The van der Waals surface area contributed by atoms with Gasteiger partial charge in [-0.25, -0.2) is 13.1 Å². The molecule has 1 aromatic rings. The average molecular weight is 378 g/mol. The van der Waals surface area contributed by atoms with Crippen LogP contribution in [0.4, 0.5) is 0 Å². The number of sulfonamides is 1. The van der Waals surface area contributed by atoms with Crippen molar-refractivity contribution in [1.29, 1.82) is 0 Å². The Hall–Kier alpha value is -1.66. The van der Waals surface area contributed by atoms with E-state index in [0.29, 0.717) is 29.1 Å². The minimum absolute atomic E-state index is 0.00243. The SMILES string of the molecule is O=C(O)CCC/C=C\C[C@H]1[C@H]2CC[C@H](C2)[C@@H]1NS(=O)(=O)c1ccccc1. The first kappa shape index (κ1) is 19.1. The van der Waals surface area contributed by atoms with Crippen molar-refractivity contribution in [2.45, 2.75) is 55.9 Å². The second-order valence-electron chi connectivity index (χ2n) is 7.45. The molecule has 2 bridgehead atoms. The van der Waals surface area contributed by atoms with Gasteiger partial charge in [0.15, 0.2) is 0 Å². The first-order valence-corrected chi connectivity index (χ1v) is 10.9. The maximum atomic E-state index is 12.7. The van der Waals surface area contributed by atoms with Crippen LogP contribution in [0.15, 0.2) is 47.4 Å². The number of allylic oxidation sites excluding steroid dienone is 2. The van der Waals surface area contributed by atoms with Gasteiger partial charge in [0.1, 0.15) is 0 Å². The molecule has 0 spiro atoms. The Morgan fingerprint density at radius 1 is 1.15 bits per heavy atom. The normalized spacial score (nSPS) is 28.0. The highest BCUT2D eigenvalue weighted by atomic mass is 32.2. The van der Waals surface area contributed by atoms with Gasteiger partial charge in [0.05, 0.1) is 4.90 Å². The number of fused-ring (bicyclic) bond motifs is 2. The van der Waals surface area contributed by atoms with E-state index in [2.05, 4.69) is 10.8 Å². The van der Waals surface area contributed by atoms with Crippen molar-refractivity contribution in [2.24, 2.45) is 17.8 Å². The number of carboxylic acids is 1. The van der Waals surface area contributed by atoms with Crippen LogP contribution in [0.5, 0.6) is 0 Å². The van der Waals surface area contributed by atoms with Crippen molar-refractivity contribution in [3.05, 3.63) is 42.5 Å². The summed E-state index contributed by atoms with van der Waals surface area (Å²) in [4.78, 5) is 10.9. The number of hydrogen-bond acceptors (Lipinski definition) is 3. The van der Waals surface area contributed by atoms with Crippen LogP contribution >= 0.6 is 0 Å². The molecule has 2 aliphatic carbocycles. The van der Waals surface area contributed by atoms with Crippen molar-refractivity contribution in [2.75, 3.05) is 0 Å². The van der Waals surface area contributed by atoms with Gasteiger partial charge < -0.3 is 5.11 Å². The number of aliphatic carboxylic acids is 1. The lowest BCUT2D eigenvalue weighted by Gasteiger charge is -2.31. The van der Waals surface area contributed by atoms with Crippen LogP contribution in [0.1, 0.15) is 44.9 Å². The number of nitrogens with one attached hydrogen (secondary N) is 1. The van der Waals surface area contributed by atoms with Crippen LogP contribution in [-0.4, -0.2) is 25.5 Å². The summed E-state index contributed by atoms with van der Waals surface area (Å²) in [6, 6.07) is 8.57. The number of benzene rings is 1. The Kier molecular flexibility index (Phi) is 6.14. The maximum absolute atomic E-state index is 12.7. The molecule has 6 heteroatoms. The fourth-order valence-electron chi connectivity index (χ4n) is 4.52. The molecule has 26 heavy (non-hydrogen) atoms. The highest BCUT2D eigenvalue weighted by Gasteiger charge is 2.48. The number of carboxylic acid groups (broad SMARTS) is 1. The maximum Gasteiger partial charge on any atom is 0.303 e. The first-order valence-electron chi connectivity index (χ1n) is 9.41. The Labute approximate surface area is 155 Å². The number of hydrogen-bond donors (Lipinski definition) is 2. The van der Waals surface area contributed by atoms with Crippen molar-refractivity contribution >= 4 is 16.0 Å². The van der Waals surface area contributed by atoms with Crippen LogP contribution in [-0.2, 0) is 14.8 Å². The average Bonchev–Trinajstić information content (AvgIpc) is 3.20. The lowest BCUT2D eigenvalue weighted by molar-refractivity contribution is -0.137. The molecule has 2 saturated carbocycles. The fraction of sp³-hybridized carbons (Fsp3) is 0.550. The Balaban J connectivity index is 1.60. The zero-order valence-corrected chi connectivity index (χ0v) is 15.7. The molecule has 0 aromatic heterocycles. The summed E-state index contributed by atoms with van der Waals surface area (Å²) in [5, 5.41) is 8.66. The molecule has 1 aromatic carbocycles. The first-order chi connectivity index (χ1) is 12.5. The quantitative estimate of drug-likeness (QED) is 0.509. The number of unbranched alkanes of at least 4 members (excludes halogenated alkanes) is 1.